The Morgan fingerprint density at radius 2 is 2.27 bits per heavy atom. The maximum absolute atomic E-state index is 14.9. The van der Waals surface area contributed by atoms with Crippen LogP contribution in [0.1, 0.15) is 12.6 Å². The summed E-state index contributed by atoms with van der Waals surface area (Å²) < 4.78 is 25.3. The van der Waals surface area contributed by atoms with Crippen molar-refractivity contribution >= 4 is 18.0 Å². The van der Waals surface area contributed by atoms with E-state index in [0.717, 1.165) is 0 Å². The molecule has 0 bridgehead atoms. The van der Waals surface area contributed by atoms with Crippen LogP contribution in [0, 0.1) is 5.82 Å². The molecule has 2 unspecified atom stereocenters. The predicted molar refractivity (Wildman–Crippen MR) is 119 cm³/mol. The van der Waals surface area contributed by atoms with E-state index in [-0.39, 0.29) is 12.2 Å². The van der Waals surface area contributed by atoms with Crippen molar-refractivity contribution in [2.24, 2.45) is 5.16 Å². The topological polar surface area (TPSA) is 101 Å². The lowest BCUT2D eigenvalue weighted by atomic mass is 10.1. The summed E-state index contributed by atoms with van der Waals surface area (Å²) in [6, 6.07) is 8.11. The van der Waals surface area contributed by atoms with Gasteiger partial charge < -0.3 is 19.7 Å². The SMILES string of the molecule is COCC(C)O/N=C/c1ccc(-c2ccc(N3CC(CN4C=CNN4)OC3=O)cc2F)cn1. The first-order valence-electron chi connectivity index (χ1n) is 10.4. The molecule has 1 fully saturated rings. The minimum Gasteiger partial charge on any atom is -0.442 e. The van der Waals surface area contributed by atoms with Crippen molar-refractivity contribution in [3.63, 3.8) is 0 Å². The van der Waals surface area contributed by atoms with Crippen LogP contribution in [-0.2, 0) is 14.3 Å². The Morgan fingerprint density at radius 3 is 2.97 bits per heavy atom. The summed E-state index contributed by atoms with van der Waals surface area (Å²) in [5.41, 5.74) is 7.70. The molecule has 1 saturated heterocycles. The number of nitrogens with zero attached hydrogens (tertiary/aromatic N) is 4. The largest absolute Gasteiger partial charge is 0.442 e. The minimum atomic E-state index is -0.504. The summed E-state index contributed by atoms with van der Waals surface area (Å²) in [6.07, 6.45) is 5.54. The van der Waals surface area contributed by atoms with Crippen LogP contribution in [0.15, 0.2) is 54.1 Å². The number of hydrazine groups is 2. The van der Waals surface area contributed by atoms with E-state index in [1.807, 2.05) is 6.92 Å². The number of methoxy groups -OCH3 is 1. The van der Waals surface area contributed by atoms with Gasteiger partial charge in [0.1, 0.15) is 18.0 Å². The number of nitrogens with one attached hydrogen (secondary N) is 2. The standard InChI is InChI=1S/C22H25FN6O4/c1-15(14-31-2)33-26-11-17-4-3-16(10-24-17)20-6-5-18(9-21(20)23)29-13-19(32-22(29)30)12-28-8-7-25-27-28/h3-11,15,19,25,27H,12-14H2,1-2H3/b26-11+. The number of oxime groups is 1. The lowest BCUT2D eigenvalue weighted by Gasteiger charge is -2.18. The van der Waals surface area contributed by atoms with Crippen LogP contribution >= 0.6 is 0 Å². The fraction of sp³-hybridized carbons (Fsp3) is 0.318. The lowest BCUT2D eigenvalue weighted by Crippen LogP contribution is -2.41. The molecule has 0 aliphatic carbocycles. The summed E-state index contributed by atoms with van der Waals surface area (Å²) in [7, 11) is 1.59. The first-order chi connectivity index (χ1) is 16.0. The number of pyridine rings is 1. The van der Waals surface area contributed by atoms with Gasteiger partial charge in [0, 0.05) is 36.8 Å². The average molecular weight is 456 g/mol. The molecular formula is C22H25FN6O4. The van der Waals surface area contributed by atoms with E-state index in [2.05, 4.69) is 21.1 Å². The van der Waals surface area contributed by atoms with Gasteiger partial charge in [0.2, 0.25) is 0 Å². The van der Waals surface area contributed by atoms with E-state index in [4.69, 9.17) is 14.3 Å². The molecule has 2 aromatic rings. The lowest BCUT2D eigenvalue weighted by molar-refractivity contribution is 0.0131. The van der Waals surface area contributed by atoms with Crippen LogP contribution in [0.2, 0.25) is 0 Å². The van der Waals surface area contributed by atoms with Crippen LogP contribution in [0.25, 0.3) is 11.1 Å². The van der Waals surface area contributed by atoms with Gasteiger partial charge in [-0.1, -0.05) is 11.2 Å². The number of benzene rings is 1. The summed E-state index contributed by atoms with van der Waals surface area (Å²) in [5, 5.41) is 5.64. The van der Waals surface area contributed by atoms with Gasteiger partial charge in [-0.3, -0.25) is 14.9 Å². The summed E-state index contributed by atoms with van der Waals surface area (Å²) >= 11 is 0. The van der Waals surface area contributed by atoms with Crippen LogP contribution in [-0.4, -0.2) is 61.3 Å². The van der Waals surface area contributed by atoms with E-state index in [0.29, 0.717) is 42.2 Å². The van der Waals surface area contributed by atoms with Crippen molar-refractivity contribution in [2.45, 2.75) is 19.1 Å². The quantitative estimate of drug-likeness (QED) is 0.438. The van der Waals surface area contributed by atoms with E-state index >= 15 is 0 Å². The molecule has 2 N–H and O–H groups in total. The Hall–Kier alpha value is -3.70. The Morgan fingerprint density at radius 1 is 1.39 bits per heavy atom. The van der Waals surface area contributed by atoms with Crippen molar-refractivity contribution in [1.82, 2.24) is 21.0 Å². The monoisotopic (exact) mass is 456 g/mol. The van der Waals surface area contributed by atoms with Crippen molar-refractivity contribution in [3.8, 4) is 11.1 Å². The van der Waals surface area contributed by atoms with Gasteiger partial charge in [0.15, 0.2) is 0 Å². The number of carbonyl (C=O) groups is 1. The Balaban J connectivity index is 1.39. The third-order valence-electron chi connectivity index (χ3n) is 5.01. The number of carbonyl (C=O) groups excluding carboxylic acids is 1. The highest BCUT2D eigenvalue weighted by atomic mass is 19.1. The molecule has 1 aromatic heterocycles. The van der Waals surface area contributed by atoms with E-state index in [1.165, 1.54) is 17.2 Å². The van der Waals surface area contributed by atoms with Gasteiger partial charge in [0.25, 0.3) is 0 Å². The molecule has 2 aliphatic heterocycles. The molecule has 33 heavy (non-hydrogen) atoms. The van der Waals surface area contributed by atoms with E-state index < -0.39 is 11.9 Å². The second-order valence-corrected chi connectivity index (χ2v) is 7.58. The van der Waals surface area contributed by atoms with Crippen LogP contribution in [0.3, 0.4) is 0 Å². The van der Waals surface area contributed by atoms with Crippen molar-refractivity contribution in [3.05, 3.63) is 60.4 Å². The summed E-state index contributed by atoms with van der Waals surface area (Å²) in [4.78, 5) is 23.2. The third kappa shape index (κ3) is 5.57. The number of cyclic esters (lactones) is 1. The minimum absolute atomic E-state index is 0.174. The number of anilines is 1. The Bertz CT molecular complexity index is 1030. The number of halogens is 1. The fourth-order valence-electron chi connectivity index (χ4n) is 3.44. The van der Waals surface area contributed by atoms with Crippen molar-refractivity contribution in [2.75, 3.05) is 31.7 Å². The zero-order valence-corrected chi connectivity index (χ0v) is 18.3. The van der Waals surface area contributed by atoms with Gasteiger partial charge in [-0.2, -0.15) is 0 Å². The molecule has 2 atom stereocenters. The molecule has 174 valence electrons. The maximum Gasteiger partial charge on any atom is 0.414 e. The number of amides is 1. The van der Waals surface area contributed by atoms with Gasteiger partial charge in [-0.25, -0.2) is 9.18 Å². The first kappa shape index (κ1) is 22.5. The third-order valence-corrected chi connectivity index (χ3v) is 5.01. The predicted octanol–water partition coefficient (Wildman–Crippen LogP) is 2.39. The van der Waals surface area contributed by atoms with Crippen LogP contribution in [0.5, 0.6) is 0 Å². The summed E-state index contributed by atoms with van der Waals surface area (Å²) in [5.74, 6) is -0.461. The highest BCUT2D eigenvalue weighted by Gasteiger charge is 2.33. The van der Waals surface area contributed by atoms with E-state index in [9.17, 15) is 9.18 Å². The van der Waals surface area contributed by atoms with Gasteiger partial charge in [-0.15, -0.1) is 5.53 Å². The van der Waals surface area contributed by atoms with Crippen molar-refractivity contribution < 1.29 is 23.5 Å². The first-order valence-corrected chi connectivity index (χ1v) is 10.4. The smallest absolute Gasteiger partial charge is 0.414 e. The normalized spacial score (nSPS) is 18.6. The number of ether oxygens (including phenoxy) is 2. The van der Waals surface area contributed by atoms with Crippen LogP contribution < -0.4 is 15.9 Å². The van der Waals surface area contributed by atoms with Gasteiger partial charge in [0.05, 0.1) is 37.3 Å². The Kier molecular flexibility index (Phi) is 7.01. The van der Waals surface area contributed by atoms with Gasteiger partial charge in [-0.05, 0) is 31.2 Å². The number of hydrogen-bond acceptors (Lipinski definition) is 9. The average Bonchev–Trinajstić information content (AvgIpc) is 3.44. The second-order valence-electron chi connectivity index (χ2n) is 7.58. The molecule has 0 spiro atoms. The van der Waals surface area contributed by atoms with Gasteiger partial charge >= 0.3 is 6.09 Å². The molecule has 1 amide bonds. The summed E-state index contributed by atoms with van der Waals surface area (Å²) in [6.45, 7) is 3.05. The number of rotatable bonds is 9. The molecule has 4 rings (SSSR count). The van der Waals surface area contributed by atoms with Crippen molar-refractivity contribution in [1.29, 1.82) is 0 Å². The zero-order chi connectivity index (χ0) is 23.2. The molecular weight excluding hydrogens is 431 g/mol. The molecule has 2 aliphatic rings. The highest BCUT2D eigenvalue weighted by Crippen LogP contribution is 2.29. The number of aromatic nitrogens is 1. The second kappa shape index (κ2) is 10.3. The maximum atomic E-state index is 14.9. The molecule has 1 aromatic carbocycles. The molecule has 10 nitrogen and oxygen atoms in total. The molecule has 11 heteroatoms. The highest BCUT2D eigenvalue weighted by molar-refractivity contribution is 5.90. The molecule has 0 saturated carbocycles. The zero-order valence-electron chi connectivity index (χ0n) is 18.3. The Labute approximate surface area is 190 Å². The molecule has 3 heterocycles. The molecule has 0 radical (unpaired) electrons. The fourth-order valence-corrected chi connectivity index (χ4v) is 3.44. The number of hydrogen-bond donors (Lipinski definition) is 2. The van der Waals surface area contributed by atoms with Crippen LogP contribution in [0.4, 0.5) is 14.9 Å². The van der Waals surface area contributed by atoms with E-state index in [1.54, 1.807) is 55.0 Å².